The molecule has 1 atom stereocenters. The number of piperidine rings is 1. The number of halogens is 1. The van der Waals surface area contributed by atoms with Crippen LogP contribution >= 0.6 is 11.6 Å². The largest absolute Gasteiger partial charge is 0.453 e. The van der Waals surface area contributed by atoms with Gasteiger partial charge in [-0.3, -0.25) is 0 Å². The van der Waals surface area contributed by atoms with Crippen LogP contribution in [0.3, 0.4) is 0 Å². The van der Waals surface area contributed by atoms with Gasteiger partial charge in [0.25, 0.3) is 0 Å². The van der Waals surface area contributed by atoms with Crippen LogP contribution < -0.4 is 14.8 Å². The molecule has 0 amide bonds. The third-order valence-electron chi connectivity index (χ3n) is 3.77. The van der Waals surface area contributed by atoms with Gasteiger partial charge in [0, 0.05) is 11.6 Å². The van der Waals surface area contributed by atoms with Gasteiger partial charge in [0.1, 0.15) is 0 Å². The van der Waals surface area contributed by atoms with Crippen LogP contribution in [0.15, 0.2) is 6.07 Å². The van der Waals surface area contributed by atoms with Crippen LogP contribution in [0, 0.1) is 0 Å². The van der Waals surface area contributed by atoms with Crippen molar-refractivity contribution in [2.75, 3.05) is 13.3 Å². The maximum atomic E-state index is 6.29. The van der Waals surface area contributed by atoms with E-state index in [0.29, 0.717) is 16.8 Å². The van der Waals surface area contributed by atoms with E-state index in [1.165, 1.54) is 30.4 Å². The second-order valence-electron chi connectivity index (χ2n) is 4.85. The SMILES string of the molecule is CCc1c(C2CCCCN2)cc(Cl)c2c1OCO2. The number of hydrogen-bond donors (Lipinski definition) is 1. The lowest BCUT2D eigenvalue weighted by Gasteiger charge is -2.26. The molecule has 1 saturated heterocycles. The normalized spacial score (nSPS) is 22.2. The summed E-state index contributed by atoms with van der Waals surface area (Å²) in [5, 5.41) is 4.24. The zero-order valence-corrected chi connectivity index (χ0v) is 11.3. The first-order valence-corrected chi connectivity index (χ1v) is 7.03. The Kier molecular flexibility index (Phi) is 3.35. The highest BCUT2D eigenvalue weighted by molar-refractivity contribution is 6.32. The molecule has 0 bridgehead atoms. The summed E-state index contributed by atoms with van der Waals surface area (Å²) in [6.45, 7) is 3.51. The van der Waals surface area contributed by atoms with Gasteiger partial charge in [-0.25, -0.2) is 0 Å². The smallest absolute Gasteiger partial charge is 0.231 e. The number of nitrogens with one attached hydrogen (secondary N) is 1. The summed E-state index contributed by atoms with van der Waals surface area (Å²) < 4.78 is 11.0. The fourth-order valence-electron chi connectivity index (χ4n) is 2.89. The third kappa shape index (κ3) is 1.95. The lowest BCUT2D eigenvalue weighted by molar-refractivity contribution is 0.173. The van der Waals surface area contributed by atoms with Crippen LogP contribution in [0.1, 0.15) is 43.4 Å². The molecule has 1 N–H and O–H groups in total. The van der Waals surface area contributed by atoms with E-state index < -0.39 is 0 Å². The Balaban J connectivity index is 2.05. The van der Waals surface area contributed by atoms with Crippen molar-refractivity contribution in [2.45, 2.75) is 38.6 Å². The van der Waals surface area contributed by atoms with Crippen molar-refractivity contribution in [3.05, 3.63) is 22.2 Å². The highest BCUT2D eigenvalue weighted by Gasteiger charge is 2.27. The summed E-state index contributed by atoms with van der Waals surface area (Å²) >= 11 is 6.29. The Morgan fingerprint density at radius 2 is 2.17 bits per heavy atom. The fraction of sp³-hybridized carbons (Fsp3) is 0.571. The van der Waals surface area contributed by atoms with Crippen molar-refractivity contribution in [2.24, 2.45) is 0 Å². The number of benzene rings is 1. The van der Waals surface area contributed by atoms with Gasteiger partial charge in [0.2, 0.25) is 6.79 Å². The van der Waals surface area contributed by atoms with Gasteiger partial charge in [0.05, 0.1) is 5.02 Å². The molecule has 3 nitrogen and oxygen atoms in total. The average Bonchev–Trinajstić information content (AvgIpc) is 2.89. The molecule has 0 spiro atoms. The Hall–Kier alpha value is -0.930. The quantitative estimate of drug-likeness (QED) is 0.890. The predicted octanol–water partition coefficient (Wildman–Crippen LogP) is 3.45. The van der Waals surface area contributed by atoms with Crippen molar-refractivity contribution < 1.29 is 9.47 Å². The summed E-state index contributed by atoms with van der Waals surface area (Å²) in [7, 11) is 0. The zero-order valence-electron chi connectivity index (χ0n) is 10.6. The minimum atomic E-state index is 0.281. The molecular formula is C14H18ClNO2. The standard InChI is InChI=1S/C14H18ClNO2/c1-2-9-10(12-5-3-4-6-16-12)7-11(15)14-13(9)17-8-18-14/h7,12,16H,2-6,8H2,1H3. The molecule has 18 heavy (non-hydrogen) atoms. The number of ether oxygens (including phenoxy) is 2. The van der Waals surface area contributed by atoms with E-state index in [1.807, 2.05) is 0 Å². The molecule has 2 heterocycles. The Bertz CT molecular complexity index is 456. The van der Waals surface area contributed by atoms with Crippen LogP contribution in [0.25, 0.3) is 0 Å². The molecule has 1 aromatic carbocycles. The molecule has 4 heteroatoms. The van der Waals surface area contributed by atoms with E-state index in [2.05, 4.69) is 18.3 Å². The van der Waals surface area contributed by atoms with Gasteiger partial charge in [0.15, 0.2) is 11.5 Å². The van der Waals surface area contributed by atoms with Gasteiger partial charge in [-0.2, -0.15) is 0 Å². The van der Waals surface area contributed by atoms with E-state index in [9.17, 15) is 0 Å². The molecule has 1 fully saturated rings. The monoisotopic (exact) mass is 267 g/mol. The second-order valence-corrected chi connectivity index (χ2v) is 5.25. The van der Waals surface area contributed by atoms with Gasteiger partial charge >= 0.3 is 0 Å². The zero-order chi connectivity index (χ0) is 12.5. The van der Waals surface area contributed by atoms with Crippen LogP contribution in [-0.2, 0) is 6.42 Å². The maximum Gasteiger partial charge on any atom is 0.231 e. The molecule has 0 saturated carbocycles. The molecular weight excluding hydrogens is 250 g/mol. The third-order valence-corrected chi connectivity index (χ3v) is 4.05. The van der Waals surface area contributed by atoms with Crippen LogP contribution in [0.4, 0.5) is 0 Å². The summed E-state index contributed by atoms with van der Waals surface area (Å²) in [6.07, 6.45) is 4.64. The molecule has 1 unspecified atom stereocenters. The number of hydrogen-bond acceptors (Lipinski definition) is 3. The van der Waals surface area contributed by atoms with E-state index in [0.717, 1.165) is 18.7 Å². The van der Waals surface area contributed by atoms with Gasteiger partial charge < -0.3 is 14.8 Å². The summed E-state index contributed by atoms with van der Waals surface area (Å²) in [5.41, 5.74) is 2.53. The average molecular weight is 268 g/mol. The highest BCUT2D eigenvalue weighted by atomic mass is 35.5. The highest BCUT2D eigenvalue weighted by Crippen LogP contribution is 2.45. The summed E-state index contributed by atoms with van der Waals surface area (Å²) in [4.78, 5) is 0. The maximum absolute atomic E-state index is 6.29. The van der Waals surface area contributed by atoms with Crippen molar-refractivity contribution in [1.82, 2.24) is 5.32 Å². The molecule has 0 aromatic heterocycles. The Labute approximate surface area is 112 Å². The first kappa shape index (κ1) is 12.1. The van der Waals surface area contributed by atoms with Gasteiger partial charge in [-0.1, -0.05) is 24.9 Å². The molecule has 0 radical (unpaired) electrons. The number of rotatable bonds is 2. The predicted molar refractivity (Wildman–Crippen MR) is 71.5 cm³/mol. The molecule has 0 aliphatic carbocycles. The molecule has 2 aliphatic heterocycles. The van der Waals surface area contributed by atoms with Crippen molar-refractivity contribution >= 4 is 11.6 Å². The van der Waals surface area contributed by atoms with E-state index >= 15 is 0 Å². The summed E-state index contributed by atoms with van der Waals surface area (Å²) in [5.74, 6) is 1.57. The Morgan fingerprint density at radius 3 is 2.89 bits per heavy atom. The Morgan fingerprint density at radius 1 is 1.33 bits per heavy atom. The van der Waals surface area contributed by atoms with Gasteiger partial charge in [-0.15, -0.1) is 0 Å². The molecule has 2 aliphatic rings. The molecule has 1 aromatic rings. The van der Waals surface area contributed by atoms with Gasteiger partial charge in [-0.05, 0) is 37.4 Å². The number of fused-ring (bicyclic) bond motifs is 1. The van der Waals surface area contributed by atoms with Crippen LogP contribution in [0.5, 0.6) is 11.5 Å². The fourth-order valence-corrected chi connectivity index (χ4v) is 3.15. The minimum absolute atomic E-state index is 0.281. The van der Waals surface area contributed by atoms with Crippen LogP contribution in [-0.4, -0.2) is 13.3 Å². The first-order valence-electron chi connectivity index (χ1n) is 6.65. The van der Waals surface area contributed by atoms with E-state index in [-0.39, 0.29) is 6.79 Å². The van der Waals surface area contributed by atoms with Crippen molar-refractivity contribution in [1.29, 1.82) is 0 Å². The first-order chi connectivity index (χ1) is 8.81. The summed E-state index contributed by atoms with van der Waals surface area (Å²) in [6, 6.07) is 2.46. The minimum Gasteiger partial charge on any atom is -0.453 e. The van der Waals surface area contributed by atoms with Crippen molar-refractivity contribution in [3.63, 3.8) is 0 Å². The topological polar surface area (TPSA) is 30.5 Å². The van der Waals surface area contributed by atoms with E-state index in [1.54, 1.807) is 0 Å². The van der Waals surface area contributed by atoms with Crippen molar-refractivity contribution in [3.8, 4) is 11.5 Å². The van der Waals surface area contributed by atoms with Crippen LogP contribution in [0.2, 0.25) is 5.02 Å². The molecule has 3 rings (SSSR count). The van der Waals surface area contributed by atoms with E-state index in [4.69, 9.17) is 21.1 Å². The molecule has 98 valence electrons. The second kappa shape index (κ2) is 4.98. The lowest BCUT2D eigenvalue weighted by atomic mass is 9.92. The lowest BCUT2D eigenvalue weighted by Crippen LogP contribution is -2.27.